The van der Waals surface area contributed by atoms with Crippen LogP contribution in [-0.2, 0) is 5.41 Å². The Balaban J connectivity index is 2.05. The Kier molecular flexibility index (Phi) is 7.16. The number of benzene rings is 2. The van der Waals surface area contributed by atoms with Gasteiger partial charge in [0.05, 0.1) is 0 Å². The number of rotatable bonds is 10. The first-order valence-corrected chi connectivity index (χ1v) is 11.5. The first kappa shape index (κ1) is 20.6. The zero-order valence-corrected chi connectivity index (χ0v) is 19.1. The van der Waals surface area contributed by atoms with Crippen LogP contribution in [0.25, 0.3) is 11.1 Å². The lowest BCUT2D eigenvalue weighted by atomic mass is 9.70. The molecular weight excluding hydrogens is 460 g/mol. The van der Waals surface area contributed by atoms with Crippen molar-refractivity contribution in [3.8, 4) is 11.1 Å². The van der Waals surface area contributed by atoms with Crippen LogP contribution in [0.3, 0.4) is 0 Å². The van der Waals surface area contributed by atoms with Crippen molar-refractivity contribution >= 4 is 31.9 Å². The lowest BCUT2D eigenvalue weighted by Gasteiger charge is -2.33. The molecule has 1 aliphatic rings. The summed E-state index contributed by atoms with van der Waals surface area (Å²) in [6.07, 6.45) is 13.6. The maximum Gasteiger partial charge on any atom is 0.0216 e. The van der Waals surface area contributed by atoms with Crippen molar-refractivity contribution in [2.75, 3.05) is 0 Å². The molecule has 0 heterocycles. The molecule has 0 bridgehead atoms. The smallest absolute Gasteiger partial charge is 0.0216 e. The summed E-state index contributed by atoms with van der Waals surface area (Å²) in [5, 5.41) is 0. The van der Waals surface area contributed by atoms with Crippen molar-refractivity contribution in [1.29, 1.82) is 0 Å². The fraction of sp³-hybridized carbons (Fsp3) is 0.360. The Morgan fingerprint density at radius 2 is 1.15 bits per heavy atom. The Morgan fingerprint density at radius 3 is 1.56 bits per heavy atom. The lowest BCUT2D eigenvalue weighted by molar-refractivity contribution is 0.408. The van der Waals surface area contributed by atoms with Crippen LogP contribution in [0.1, 0.15) is 62.5 Å². The van der Waals surface area contributed by atoms with E-state index in [1.165, 1.54) is 69.7 Å². The predicted octanol–water partition coefficient (Wildman–Crippen LogP) is 8.97. The van der Waals surface area contributed by atoms with Gasteiger partial charge in [-0.05, 0) is 85.0 Å². The van der Waals surface area contributed by atoms with Crippen LogP contribution in [0.15, 0.2) is 70.7 Å². The quantitative estimate of drug-likeness (QED) is 0.231. The number of hydrogen-bond acceptors (Lipinski definition) is 0. The van der Waals surface area contributed by atoms with Gasteiger partial charge in [0, 0.05) is 14.4 Å². The summed E-state index contributed by atoms with van der Waals surface area (Å²) in [7, 11) is 0. The lowest BCUT2D eigenvalue weighted by Crippen LogP contribution is -2.25. The Morgan fingerprint density at radius 1 is 0.704 bits per heavy atom. The third-order valence-corrected chi connectivity index (χ3v) is 6.79. The van der Waals surface area contributed by atoms with Gasteiger partial charge in [-0.2, -0.15) is 0 Å². The van der Waals surface area contributed by atoms with Crippen molar-refractivity contribution < 1.29 is 0 Å². The molecule has 0 N–H and O–H groups in total. The first-order valence-electron chi connectivity index (χ1n) is 9.94. The molecule has 0 nitrogen and oxygen atoms in total. The average molecular weight is 488 g/mol. The van der Waals surface area contributed by atoms with E-state index in [9.17, 15) is 0 Å². The van der Waals surface area contributed by atoms with Gasteiger partial charge in [0.1, 0.15) is 0 Å². The fourth-order valence-corrected chi connectivity index (χ4v) is 5.26. The highest BCUT2D eigenvalue weighted by atomic mass is 79.9. The van der Waals surface area contributed by atoms with Crippen LogP contribution < -0.4 is 0 Å². The first-order chi connectivity index (χ1) is 13.1. The van der Waals surface area contributed by atoms with Crippen LogP contribution in [0.2, 0.25) is 0 Å². The van der Waals surface area contributed by atoms with E-state index in [-0.39, 0.29) is 5.41 Å². The van der Waals surface area contributed by atoms with Crippen LogP contribution in [0, 0.1) is 0 Å². The van der Waals surface area contributed by atoms with Crippen molar-refractivity contribution in [1.82, 2.24) is 0 Å². The SMILES string of the molecule is C=CCCCCC1(CCCCC=C)c2cc(Br)ccc2-c2ccc(Br)cc21. The monoisotopic (exact) mass is 486 g/mol. The molecule has 1 aliphatic carbocycles. The van der Waals surface area contributed by atoms with Gasteiger partial charge in [-0.25, -0.2) is 0 Å². The second-order valence-corrected chi connectivity index (χ2v) is 9.36. The van der Waals surface area contributed by atoms with E-state index < -0.39 is 0 Å². The molecule has 142 valence electrons. The molecule has 0 radical (unpaired) electrons. The minimum absolute atomic E-state index is 0.112. The van der Waals surface area contributed by atoms with Gasteiger partial charge in [-0.3, -0.25) is 0 Å². The summed E-state index contributed by atoms with van der Waals surface area (Å²) in [4.78, 5) is 0. The molecule has 0 spiro atoms. The van der Waals surface area contributed by atoms with Crippen molar-refractivity contribution in [3.63, 3.8) is 0 Å². The molecule has 0 saturated heterocycles. The molecule has 0 amide bonds. The highest BCUT2D eigenvalue weighted by molar-refractivity contribution is 9.10. The van der Waals surface area contributed by atoms with Crippen molar-refractivity contribution in [2.45, 2.75) is 56.8 Å². The largest absolute Gasteiger partial charge is 0.103 e. The summed E-state index contributed by atoms with van der Waals surface area (Å²) >= 11 is 7.45. The molecule has 27 heavy (non-hydrogen) atoms. The third kappa shape index (κ3) is 4.32. The van der Waals surface area contributed by atoms with Gasteiger partial charge < -0.3 is 0 Å². The van der Waals surface area contributed by atoms with E-state index in [1.807, 2.05) is 12.2 Å². The molecule has 3 rings (SSSR count). The highest BCUT2D eigenvalue weighted by Crippen LogP contribution is 2.55. The average Bonchev–Trinajstić information content (AvgIpc) is 2.92. The van der Waals surface area contributed by atoms with Gasteiger partial charge in [0.2, 0.25) is 0 Å². The van der Waals surface area contributed by atoms with E-state index in [0.29, 0.717) is 0 Å². The van der Waals surface area contributed by atoms with E-state index in [4.69, 9.17) is 0 Å². The summed E-state index contributed by atoms with van der Waals surface area (Å²) in [5.41, 5.74) is 5.94. The summed E-state index contributed by atoms with van der Waals surface area (Å²) in [5.74, 6) is 0. The molecule has 0 aromatic heterocycles. The summed E-state index contributed by atoms with van der Waals surface area (Å²) in [6, 6.07) is 13.7. The maximum atomic E-state index is 3.89. The Hall–Kier alpha value is -1.12. The summed E-state index contributed by atoms with van der Waals surface area (Å²) < 4.78 is 2.35. The fourth-order valence-electron chi connectivity index (χ4n) is 4.53. The second kappa shape index (κ2) is 9.39. The summed E-state index contributed by atoms with van der Waals surface area (Å²) in [6.45, 7) is 7.78. The zero-order chi connectivity index (χ0) is 19.3. The molecule has 2 heteroatoms. The van der Waals surface area contributed by atoms with Crippen molar-refractivity contribution in [3.05, 3.63) is 81.8 Å². The van der Waals surface area contributed by atoms with Crippen LogP contribution in [0.4, 0.5) is 0 Å². The standard InChI is InChI=1S/C25H28Br2/c1-3-5-7-9-15-25(16-10-8-6-4-2)23-17-19(26)11-13-21(23)22-14-12-20(27)18-24(22)25/h3-4,11-14,17-18H,1-2,5-10,15-16H2. The van der Waals surface area contributed by atoms with E-state index in [2.05, 4.69) is 81.4 Å². The molecule has 2 aromatic carbocycles. The number of unbranched alkanes of at least 4 members (excludes halogenated alkanes) is 4. The Bertz CT molecular complexity index is 750. The molecular formula is C25H28Br2. The molecule has 0 atom stereocenters. The zero-order valence-electron chi connectivity index (χ0n) is 15.9. The van der Waals surface area contributed by atoms with Gasteiger partial charge in [0.15, 0.2) is 0 Å². The molecule has 0 aliphatic heterocycles. The van der Waals surface area contributed by atoms with Crippen molar-refractivity contribution in [2.24, 2.45) is 0 Å². The van der Waals surface area contributed by atoms with Crippen LogP contribution in [0.5, 0.6) is 0 Å². The predicted molar refractivity (Wildman–Crippen MR) is 125 cm³/mol. The topological polar surface area (TPSA) is 0 Å². The van der Waals surface area contributed by atoms with Crippen LogP contribution in [-0.4, -0.2) is 0 Å². The number of fused-ring (bicyclic) bond motifs is 3. The molecule has 0 fully saturated rings. The van der Waals surface area contributed by atoms with E-state index in [0.717, 1.165) is 12.8 Å². The normalized spacial score (nSPS) is 13.9. The minimum atomic E-state index is 0.112. The third-order valence-electron chi connectivity index (χ3n) is 5.81. The second-order valence-electron chi connectivity index (χ2n) is 7.53. The molecule has 0 saturated carbocycles. The van der Waals surface area contributed by atoms with Gasteiger partial charge in [-0.1, -0.05) is 69.0 Å². The maximum absolute atomic E-state index is 3.89. The number of hydrogen-bond donors (Lipinski definition) is 0. The Labute approximate surface area is 181 Å². The van der Waals surface area contributed by atoms with Gasteiger partial charge in [0.25, 0.3) is 0 Å². The van der Waals surface area contributed by atoms with Gasteiger partial charge >= 0.3 is 0 Å². The molecule has 2 aromatic rings. The molecule has 0 unspecified atom stereocenters. The van der Waals surface area contributed by atoms with Gasteiger partial charge in [-0.15, -0.1) is 13.2 Å². The number of allylic oxidation sites excluding steroid dienone is 2. The van der Waals surface area contributed by atoms with E-state index in [1.54, 1.807) is 0 Å². The van der Waals surface area contributed by atoms with Crippen LogP contribution >= 0.6 is 31.9 Å². The number of halogens is 2. The minimum Gasteiger partial charge on any atom is -0.103 e. The highest BCUT2D eigenvalue weighted by Gasteiger charge is 2.42. The van der Waals surface area contributed by atoms with E-state index >= 15 is 0 Å².